The van der Waals surface area contributed by atoms with Crippen molar-refractivity contribution in [2.24, 2.45) is 0 Å². The maximum atomic E-state index is 13.8. The zero-order valence-corrected chi connectivity index (χ0v) is 13.3. The largest absolute Gasteiger partial charge is 0.416 e. The number of fused-ring (bicyclic) bond motifs is 1. The summed E-state index contributed by atoms with van der Waals surface area (Å²) in [5.41, 5.74) is 0.235. The van der Waals surface area contributed by atoms with Gasteiger partial charge in [-0.3, -0.25) is 4.57 Å². The summed E-state index contributed by atoms with van der Waals surface area (Å²) in [4.78, 5) is 11.6. The average molecular weight is 367 g/mol. The van der Waals surface area contributed by atoms with Crippen LogP contribution in [0.15, 0.2) is 30.6 Å². The van der Waals surface area contributed by atoms with E-state index in [4.69, 9.17) is 4.74 Å². The Balaban J connectivity index is 1.61. The first-order chi connectivity index (χ1) is 12.4. The van der Waals surface area contributed by atoms with Gasteiger partial charge in [-0.2, -0.15) is 27.5 Å². The van der Waals surface area contributed by atoms with Crippen LogP contribution in [0.5, 0.6) is 0 Å². The molecule has 1 N–H and O–H groups in total. The van der Waals surface area contributed by atoms with Crippen molar-refractivity contribution in [3.8, 4) is 0 Å². The van der Waals surface area contributed by atoms with Gasteiger partial charge in [-0.15, -0.1) is 0 Å². The molecular weight excluding hydrogens is 354 g/mol. The molecule has 3 aromatic rings. The van der Waals surface area contributed by atoms with Gasteiger partial charge >= 0.3 is 12.3 Å². The molecule has 0 aliphatic carbocycles. The van der Waals surface area contributed by atoms with Crippen molar-refractivity contribution in [1.82, 2.24) is 19.5 Å². The summed E-state index contributed by atoms with van der Waals surface area (Å²) in [6.07, 6.45) is -3.37. The predicted molar refractivity (Wildman–Crippen MR) is 83.7 cm³/mol. The maximum Gasteiger partial charge on any atom is 0.416 e. The molecule has 6 nitrogen and oxygen atoms in total. The van der Waals surface area contributed by atoms with E-state index in [1.165, 1.54) is 18.5 Å². The van der Waals surface area contributed by atoms with Crippen LogP contribution >= 0.6 is 0 Å². The highest BCUT2D eigenvalue weighted by Crippen LogP contribution is 2.30. The lowest BCUT2D eigenvalue weighted by molar-refractivity contribution is -0.137. The molecule has 1 aliphatic heterocycles. The van der Waals surface area contributed by atoms with Gasteiger partial charge in [-0.05, 0) is 17.7 Å². The smallest absolute Gasteiger partial charge is 0.364 e. The zero-order valence-electron chi connectivity index (χ0n) is 13.3. The van der Waals surface area contributed by atoms with Crippen LogP contribution in [0.1, 0.15) is 23.8 Å². The number of imidazole rings is 1. The molecule has 1 aliphatic rings. The Morgan fingerprint density at radius 2 is 2.08 bits per heavy atom. The number of ether oxygens (including phenoxy) is 1. The van der Waals surface area contributed by atoms with Gasteiger partial charge in [-0.25, -0.2) is 4.98 Å². The topological polar surface area (TPSA) is 64.9 Å². The van der Waals surface area contributed by atoms with E-state index in [0.29, 0.717) is 17.7 Å². The highest BCUT2D eigenvalue weighted by molar-refractivity contribution is 5.82. The van der Waals surface area contributed by atoms with E-state index >= 15 is 0 Å². The third-order valence-corrected chi connectivity index (χ3v) is 4.09. The number of hydrogen-bond donors (Lipinski definition) is 1. The van der Waals surface area contributed by atoms with Gasteiger partial charge in [0.15, 0.2) is 17.0 Å². The van der Waals surface area contributed by atoms with Crippen LogP contribution < -0.4 is 5.32 Å². The first-order valence-corrected chi connectivity index (χ1v) is 7.83. The molecule has 2 aromatic heterocycles. The fourth-order valence-corrected chi connectivity index (χ4v) is 2.71. The van der Waals surface area contributed by atoms with E-state index in [0.717, 1.165) is 18.6 Å². The van der Waals surface area contributed by atoms with Crippen molar-refractivity contribution in [2.75, 3.05) is 11.9 Å². The number of hydrogen-bond acceptors (Lipinski definition) is 5. The molecule has 26 heavy (non-hydrogen) atoms. The van der Waals surface area contributed by atoms with Crippen molar-refractivity contribution in [1.29, 1.82) is 0 Å². The zero-order chi connectivity index (χ0) is 18.3. The number of rotatable bonds is 4. The highest BCUT2D eigenvalue weighted by Gasteiger charge is 2.30. The molecule has 1 fully saturated rings. The molecule has 0 amide bonds. The Kier molecular flexibility index (Phi) is 3.98. The number of nitrogens with one attached hydrogen (secondary N) is 1. The minimum atomic E-state index is -4.42. The predicted octanol–water partition coefficient (Wildman–Crippen LogP) is 3.52. The lowest BCUT2D eigenvalue weighted by atomic mass is 10.1. The normalized spacial score (nSPS) is 17.3. The Morgan fingerprint density at radius 1 is 1.27 bits per heavy atom. The molecule has 4 rings (SSSR count). The van der Waals surface area contributed by atoms with Crippen molar-refractivity contribution in [3.63, 3.8) is 0 Å². The van der Waals surface area contributed by atoms with Gasteiger partial charge in [0.1, 0.15) is 6.23 Å². The summed E-state index contributed by atoms with van der Waals surface area (Å²) in [7, 11) is 0. The number of halogens is 4. The molecule has 0 saturated carbocycles. The average Bonchev–Trinajstić information content (AvgIpc) is 2.94. The van der Waals surface area contributed by atoms with Crippen molar-refractivity contribution in [3.05, 3.63) is 47.8 Å². The Bertz CT molecular complexity index is 951. The Hall–Kier alpha value is -2.75. The minimum absolute atomic E-state index is 0.0300. The second-order valence-electron chi connectivity index (χ2n) is 5.83. The molecule has 3 heterocycles. The number of benzene rings is 1. The number of nitrogens with zero attached hydrogens (tertiary/aromatic N) is 4. The minimum Gasteiger partial charge on any atom is -0.364 e. The number of aromatic nitrogens is 4. The fraction of sp³-hybridized carbons (Fsp3) is 0.312. The summed E-state index contributed by atoms with van der Waals surface area (Å²) in [5, 5.41) is 2.84. The van der Waals surface area contributed by atoms with Gasteiger partial charge in [-0.1, -0.05) is 12.1 Å². The molecule has 0 bridgehead atoms. The second kappa shape index (κ2) is 6.20. The van der Waals surface area contributed by atoms with Crippen LogP contribution in [0.3, 0.4) is 0 Å². The molecule has 1 unspecified atom stereocenters. The van der Waals surface area contributed by atoms with Gasteiger partial charge in [0.2, 0.25) is 0 Å². The standard InChI is InChI=1S/C16H13F4N5O/c17-15-23-13(12-14(24-15)25(8-22-12)11-4-5-26-11)21-7-9-2-1-3-10(6-9)16(18,19)20/h1-3,6,8,11H,4-5,7H2,(H,21,23,24). The fourth-order valence-electron chi connectivity index (χ4n) is 2.71. The molecule has 1 saturated heterocycles. The van der Waals surface area contributed by atoms with E-state index in [1.54, 1.807) is 4.57 Å². The van der Waals surface area contributed by atoms with E-state index in [2.05, 4.69) is 20.3 Å². The van der Waals surface area contributed by atoms with Crippen LogP contribution in [0.2, 0.25) is 0 Å². The molecule has 1 aromatic carbocycles. The first kappa shape index (κ1) is 16.7. The van der Waals surface area contributed by atoms with Crippen molar-refractivity contribution in [2.45, 2.75) is 25.4 Å². The quantitative estimate of drug-likeness (QED) is 0.565. The molecule has 10 heteroatoms. The van der Waals surface area contributed by atoms with Crippen LogP contribution in [-0.2, 0) is 17.5 Å². The summed E-state index contributed by atoms with van der Waals surface area (Å²) in [5.74, 6) is 0.114. The van der Waals surface area contributed by atoms with E-state index < -0.39 is 17.8 Å². The maximum absolute atomic E-state index is 13.8. The van der Waals surface area contributed by atoms with Crippen LogP contribution in [0.4, 0.5) is 23.4 Å². The molecule has 0 spiro atoms. The molecule has 1 atom stereocenters. The third-order valence-electron chi connectivity index (χ3n) is 4.09. The lowest BCUT2D eigenvalue weighted by Gasteiger charge is -2.27. The summed E-state index contributed by atoms with van der Waals surface area (Å²) >= 11 is 0. The van der Waals surface area contributed by atoms with Gasteiger partial charge in [0.05, 0.1) is 18.5 Å². The Labute approximate surface area is 144 Å². The third kappa shape index (κ3) is 3.07. The summed E-state index contributed by atoms with van der Waals surface area (Å²) in [6.45, 7) is 0.640. The highest BCUT2D eigenvalue weighted by atomic mass is 19.4. The van der Waals surface area contributed by atoms with E-state index in [1.807, 2.05) is 0 Å². The molecular formula is C16H13F4N5O. The second-order valence-corrected chi connectivity index (χ2v) is 5.83. The van der Waals surface area contributed by atoms with E-state index in [9.17, 15) is 17.6 Å². The Morgan fingerprint density at radius 3 is 2.77 bits per heavy atom. The summed E-state index contributed by atoms with van der Waals surface area (Å²) < 4.78 is 59.1. The van der Waals surface area contributed by atoms with Gasteiger partial charge < -0.3 is 10.1 Å². The van der Waals surface area contributed by atoms with Crippen molar-refractivity contribution < 1.29 is 22.3 Å². The van der Waals surface area contributed by atoms with Gasteiger partial charge in [0.25, 0.3) is 0 Å². The first-order valence-electron chi connectivity index (χ1n) is 7.83. The SMILES string of the molecule is Fc1nc(NCc2cccc(C(F)(F)F)c2)c2ncn(C3CCO3)c2n1. The molecule has 136 valence electrons. The number of anilines is 1. The van der Waals surface area contributed by atoms with Gasteiger partial charge in [0, 0.05) is 13.0 Å². The van der Waals surface area contributed by atoms with Crippen LogP contribution in [-0.4, -0.2) is 26.1 Å². The summed E-state index contributed by atoms with van der Waals surface area (Å²) in [6, 6.07) is 4.88. The van der Waals surface area contributed by atoms with E-state index in [-0.39, 0.29) is 24.2 Å². The number of alkyl halides is 3. The van der Waals surface area contributed by atoms with Crippen molar-refractivity contribution >= 4 is 17.0 Å². The van der Waals surface area contributed by atoms with Crippen LogP contribution in [0.25, 0.3) is 11.2 Å². The molecule has 0 radical (unpaired) electrons. The monoisotopic (exact) mass is 367 g/mol. The lowest BCUT2D eigenvalue weighted by Crippen LogP contribution is -2.24. The van der Waals surface area contributed by atoms with Crippen LogP contribution in [0, 0.1) is 6.08 Å².